The molecule has 0 bridgehead atoms. The van der Waals surface area contributed by atoms with Gasteiger partial charge in [-0.1, -0.05) is 13.8 Å². The van der Waals surface area contributed by atoms with Crippen LogP contribution >= 0.6 is 0 Å². The lowest BCUT2D eigenvalue weighted by Crippen LogP contribution is -2.65. The van der Waals surface area contributed by atoms with Crippen LogP contribution in [0.4, 0.5) is 9.59 Å². The molecule has 2 atom stereocenters. The van der Waals surface area contributed by atoms with Gasteiger partial charge in [0.25, 0.3) is 0 Å². The second-order valence-electron chi connectivity index (χ2n) is 9.12. The lowest BCUT2D eigenvalue weighted by Gasteiger charge is -2.46. The summed E-state index contributed by atoms with van der Waals surface area (Å²) in [6, 6.07) is -1.26. The predicted molar refractivity (Wildman–Crippen MR) is 100 cm³/mol. The first-order chi connectivity index (χ1) is 12.2. The van der Waals surface area contributed by atoms with Crippen LogP contribution in [-0.2, 0) is 19.0 Å². The van der Waals surface area contributed by atoms with Crippen LogP contribution in [-0.4, -0.2) is 71.4 Å². The van der Waals surface area contributed by atoms with E-state index >= 15 is 0 Å². The number of piperazine rings is 1. The molecule has 1 aliphatic rings. The number of rotatable bonds is 2. The maximum absolute atomic E-state index is 12.7. The number of hydrogen-bond donors (Lipinski definition) is 0. The van der Waals surface area contributed by atoms with E-state index in [0.29, 0.717) is 0 Å². The van der Waals surface area contributed by atoms with Gasteiger partial charge in [0.15, 0.2) is 6.04 Å². The fraction of sp³-hybridized carbons (Fsp3) is 0.842. The van der Waals surface area contributed by atoms with Crippen molar-refractivity contribution in [2.45, 2.75) is 78.7 Å². The molecule has 0 radical (unpaired) electrons. The van der Waals surface area contributed by atoms with Gasteiger partial charge in [0.2, 0.25) is 0 Å². The first kappa shape index (κ1) is 23.0. The van der Waals surface area contributed by atoms with Gasteiger partial charge in [-0.3, -0.25) is 4.90 Å². The second-order valence-corrected chi connectivity index (χ2v) is 9.12. The van der Waals surface area contributed by atoms with E-state index in [1.54, 1.807) is 41.5 Å². The number of amides is 2. The van der Waals surface area contributed by atoms with E-state index in [4.69, 9.17) is 14.2 Å². The van der Waals surface area contributed by atoms with Gasteiger partial charge in [0.1, 0.15) is 11.2 Å². The number of methoxy groups -OCH3 is 1. The highest BCUT2D eigenvalue weighted by molar-refractivity contribution is 5.83. The summed E-state index contributed by atoms with van der Waals surface area (Å²) < 4.78 is 15.8. The highest BCUT2D eigenvalue weighted by Gasteiger charge is 2.45. The molecule has 1 saturated heterocycles. The average molecular weight is 386 g/mol. The van der Waals surface area contributed by atoms with Gasteiger partial charge in [-0.25, -0.2) is 14.4 Å². The van der Waals surface area contributed by atoms with Crippen LogP contribution in [0, 0.1) is 5.92 Å². The molecule has 1 aliphatic heterocycles. The summed E-state index contributed by atoms with van der Waals surface area (Å²) in [6.07, 6.45) is -1.12. The largest absolute Gasteiger partial charge is 0.467 e. The zero-order valence-electron chi connectivity index (χ0n) is 18.0. The third-order valence-corrected chi connectivity index (χ3v) is 4.03. The van der Waals surface area contributed by atoms with Gasteiger partial charge >= 0.3 is 18.2 Å². The molecule has 156 valence electrons. The van der Waals surface area contributed by atoms with Crippen molar-refractivity contribution in [1.82, 2.24) is 9.80 Å². The van der Waals surface area contributed by atoms with Crippen molar-refractivity contribution >= 4 is 18.2 Å². The zero-order chi connectivity index (χ0) is 21.2. The number of esters is 1. The zero-order valence-corrected chi connectivity index (χ0v) is 18.0. The van der Waals surface area contributed by atoms with E-state index in [2.05, 4.69) is 0 Å². The van der Waals surface area contributed by atoms with Crippen molar-refractivity contribution in [3.05, 3.63) is 0 Å². The third kappa shape index (κ3) is 6.59. The van der Waals surface area contributed by atoms with Crippen molar-refractivity contribution in [1.29, 1.82) is 0 Å². The monoisotopic (exact) mass is 386 g/mol. The van der Waals surface area contributed by atoms with Gasteiger partial charge in [0, 0.05) is 6.54 Å². The highest BCUT2D eigenvalue weighted by Crippen LogP contribution is 2.26. The van der Waals surface area contributed by atoms with E-state index in [1.807, 2.05) is 13.8 Å². The molecule has 0 aromatic rings. The van der Waals surface area contributed by atoms with Crippen LogP contribution in [0.5, 0.6) is 0 Å². The summed E-state index contributed by atoms with van der Waals surface area (Å²) in [5, 5.41) is 0. The number of ether oxygens (including phenoxy) is 3. The minimum atomic E-state index is -0.952. The van der Waals surface area contributed by atoms with Crippen molar-refractivity contribution in [3.63, 3.8) is 0 Å². The summed E-state index contributed by atoms with van der Waals surface area (Å²) >= 11 is 0. The lowest BCUT2D eigenvalue weighted by molar-refractivity contribution is -0.150. The van der Waals surface area contributed by atoms with Crippen molar-refractivity contribution < 1.29 is 28.6 Å². The number of hydrogen-bond acceptors (Lipinski definition) is 6. The minimum Gasteiger partial charge on any atom is -0.467 e. The molecule has 8 heteroatoms. The quantitative estimate of drug-likeness (QED) is 0.536. The Labute approximate surface area is 162 Å². The molecule has 1 heterocycles. The SMILES string of the molecule is COC(=O)C1CN(C(=O)OC(C)(C)C)C(C(C)C)CN1C(=O)OC(C)(C)C. The molecule has 0 N–H and O–H groups in total. The Kier molecular flexibility index (Phi) is 7.13. The molecule has 1 rings (SSSR count). The van der Waals surface area contributed by atoms with Crippen molar-refractivity contribution in [2.75, 3.05) is 20.2 Å². The first-order valence-electron chi connectivity index (χ1n) is 9.23. The molecule has 0 aromatic heterocycles. The molecule has 0 spiro atoms. The van der Waals surface area contributed by atoms with E-state index < -0.39 is 35.4 Å². The molecular weight excluding hydrogens is 352 g/mol. The average Bonchev–Trinajstić information content (AvgIpc) is 2.49. The molecule has 0 aliphatic carbocycles. The second kappa shape index (κ2) is 8.35. The Bertz CT molecular complexity index is 562. The maximum atomic E-state index is 12.7. The van der Waals surface area contributed by atoms with Crippen LogP contribution in [0.1, 0.15) is 55.4 Å². The van der Waals surface area contributed by atoms with Crippen molar-refractivity contribution in [2.24, 2.45) is 5.92 Å². The molecule has 2 amide bonds. The van der Waals surface area contributed by atoms with Crippen molar-refractivity contribution in [3.8, 4) is 0 Å². The topological polar surface area (TPSA) is 85.4 Å². The first-order valence-corrected chi connectivity index (χ1v) is 9.23. The maximum Gasteiger partial charge on any atom is 0.411 e. The number of carbonyl (C=O) groups excluding carboxylic acids is 3. The van der Waals surface area contributed by atoms with Gasteiger partial charge < -0.3 is 19.1 Å². The van der Waals surface area contributed by atoms with E-state index in [-0.39, 0.29) is 25.0 Å². The normalized spacial score (nSPS) is 21.1. The number of nitrogens with zero attached hydrogens (tertiary/aromatic N) is 2. The van der Waals surface area contributed by atoms with Crippen LogP contribution < -0.4 is 0 Å². The minimum absolute atomic E-state index is 0.0102. The summed E-state index contributed by atoms with van der Waals surface area (Å²) in [6.45, 7) is 14.7. The number of carbonyl (C=O) groups is 3. The smallest absolute Gasteiger partial charge is 0.411 e. The molecule has 0 saturated carbocycles. The Hall–Kier alpha value is -1.99. The fourth-order valence-corrected chi connectivity index (χ4v) is 2.81. The Morgan fingerprint density at radius 1 is 0.852 bits per heavy atom. The molecular formula is C19H34N2O6. The summed E-state index contributed by atoms with van der Waals surface area (Å²) in [7, 11) is 1.25. The predicted octanol–water partition coefficient (Wildman–Crippen LogP) is 3.04. The van der Waals surface area contributed by atoms with Gasteiger partial charge in [-0.2, -0.15) is 0 Å². The van der Waals surface area contributed by atoms with Crippen LogP contribution in [0.2, 0.25) is 0 Å². The molecule has 8 nitrogen and oxygen atoms in total. The van der Waals surface area contributed by atoms with Crippen LogP contribution in [0.15, 0.2) is 0 Å². The third-order valence-electron chi connectivity index (χ3n) is 4.03. The van der Waals surface area contributed by atoms with Gasteiger partial charge in [-0.05, 0) is 47.5 Å². The molecule has 27 heavy (non-hydrogen) atoms. The van der Waals surface area contributed by atoms with E-state index in [1.165, 1.54) is 16.9 Å². The Balaban J connectivity index is 3.17. The fourth-order valence-electron chi connectivity index (χ4n) is 2.81. The standard InChI is InChI=1S/C19H34N2O6/c1-12(2)13-10-21(17(24)27-19(6,7)8)14(15(22)25-9)11-20(13)16(23)26-18(3,4)5/h12-14H,10-11H2,1-9H3. The molecule has 1 fully saturated rings. The summed E-state index contributed by atoms with van der Waals surface area (Å²) in [5.41, 5.74) is -1.37. The van der Waals surface area contributed by atoms with Crippen LogP contribution in [0.3, 0.4) is 0 Å². The molecule has 0 aromatic carbocycles. The summed E-state index contributed by atoms with van der Waals surface area (Å²) in [5.74, 6) is -0.558. The van der Waals surface area contributed by atoms with Gasteiger partial charge in [-0.15, -0.1) is 0 Å². The lowest BCUT2D eigenvalue weighted by atomic mass is 9.97. The summed E-state index contributed by atoms with van der Waals surface area (Å²) in [4.78, 5) is 40.6. The van der Waals surface area contributed by atoms with E-state index in [9.17, 15) is 14.4 Å². The van der Waals surface area contributed by atoms with Gasteiger partial charge in [0.05, 0.1) is 19.7 Å². The Morgan fingerprint density at radius 3 is 1.67 bits per heavy atom. The van der Waals surface area contributed by atoms with Crippen LogP contribution in [0.25, 0.3) is 0 Å². The Morgan fingerprint density at radius 2 is 1.30 bits per heavy atom. The molecule has 2 unspecified atom stereocenters. The van der Waals surface area contributed by atoms with E-state index in [0.717, 1.165) is 0 Å². The highest BCUT2D eigenvalue weighted by atomic mass is 16.6.